The molecule has 2 aromatic carbocycles. The number of benzene rings is 2. The predicted octanol–water partition coefficient (Wildman–Crippen LogP) is 5.77. The van der Waals surface area contributed by atoms with Gasteiger partial charge in [-0.1, -0.05) is 41.9 Å². The fourth-order valence-corrected chi connectivity index (χ4v) is 2.62. The van der Waals surface area contributed by atoms with Crippen LogP contribution in [0.25, 0.3) is 22.0 Å². The quantitative estimate of drug-likeness (QED) is 0.650. The molecular weight excluding hydrogens is 292 g/mol. The summed E-state index contributed by atoms with van der Waals surface area (Å²) in [5, 5.41) is 6.41. The number of aromatic nitrogens is 1. The minimum atomic E-state index is -0.0606. The van der Waals surface area contributed by atoms with Crippen molar-refractivity contribution in [3.8, 4) is 11.3 Å². The Balaban J connectivity index is 2.23. The van der Waals surface area contributed by atoms with E-state index in [-0.39, 0.29) is 5.54 Å². The lowest BCUT2D eigenvalue weighted by Gasteiger charge is -2.23. The normalized spacial score (nSPS) is 11.6. The van der Waals surface area contributed by atoms with Crippen molar-refractivity contribution in [1.82, 2.24) is 4.98 Å². The van der Waals surface area contributed by atoms with Gasteiger partial charge >= 0.3 is 0 Å². The van der Waals surface area contributed by atoms with Crippen molar-refractivity contribution in [3.63, 3.8) is 0 Å². The van der Waals surface area contributed by atoms with Crippen LogP contribution in [-0.2, 0) is 0 Å². The highest BCUT2D eigenvalue weighted by Gasteiger charge is 2.14. The molecule has 0 bridgehead atoms. The molecule has 3 aromatic rings. The van der Waals surface area contributed by atoms with E-state index in [1.807, 2.05) is 36.4 Å². The Kier molecular flexibility index (Phi) is 3.79. The zero-order valence-corrected chi connectivity index (χ0v) is 13.8. The Morgan fingerprint density at radius 1 is 0.955 bits per heavy atom. The van der Waals surface area contributed by atoms with Gasteiger partial charge in [-0.3, -0.25) is 0 Å². The van der Waals surface area contributed by atoms with Crippen LogP contribution in [-0.4, -0.2) is 10.5 Å². The number of rotatable bonds is 2. The molecule has 0 aliphatic heterocycles. The maximum atomic E-state index is 6.16. The number of pyridine rings is 1. The molecule has 3 rings (SSSR count). The lowest BCUT2D eigenvalue weighted by Crippen LogP contribution is -2.26. The second-order valence-corrected chi connectivity index (χ2v) is 6.90. The van der Waals surface area contributed by atoms with Gasteiger partial charge in [-0.2, -0.15) is 0 Å². The summed E-state index contributed by atoms with van der Waals surface area (Å²) >= 11 is 6.16. The lowest BCUT2D eigenvalue weighted by atomic mass is 10.0. The van der Waals surface area contributed by atoms with Gasteiger partial charge in [0.2, 0.25) is 0 Å². The topological polar surface area (TPSA) is 24.9 Å². The molecule has 0 radical (unpaired) electrons. The molecule has 0 aliphatic rings. The van der Waals surface area contributed by atoms with Crippen molar-refractivity contribution in [2.24, 2.45) is 0 Å². The first-order valence-electron chi connectivity index (χ1n) is 7.36. The average molecular weight is 311 g/mol. The van der Waals surface area contributed by atoms with Crippen molar-refractivity contribution in [2.75, 3.05) is 5.32 Å². The third-order valence-electron chi connectivity index (χ3n) is 3.36. The highest BCUT2D eigenvalue weighted by Crippen LogP contribution is 2.31. The van der Waals surface area contributed by atoms with Gasteiger partial charge in [-0.05, 0) is 50.4 Å². The van der Waals surface area contributed by atoms with Crippen LogP contribution < -0.4 is 5.32 Å². The van der Waals surface area contributed by atoms with Crippen LogP contribution in [0.5, 0.6) is 0 Å². The van der Waals surface area contributed by atoms with E-state index in [1.54, 1.807) is 0 Å². The van der Waals surface area contributed by atoms with Crippen molar-refractivity contribution in [2.45, 2.75) is 26.3 Å². The summed E-state index contributed by atoms with van der Waals surface area (Å²) in [4.78, 5) is 4.83. The van der Waals surface area contributed by atoms with Crippen LogP contribution in [0.3, 0.4) is 0 Å². The summed E-state index contributed by atoms with van der Waals surface area (Å²) in [6.45, 7) is 6.39. The number of anilines is 1. The van der Waals surface area contributed by atoms with Gasteiger partial charge in [-0.15, -0.1) is 0 Å². The van der Waals surface area contributed by atoms with Crippen molar-refractivity contribution in [1.29, 1.82) is 0 Å². The Morgan fingerprint density at radius 2 is 1.68 bits per heavy atom. The molecule has 0 aliphatic carbocycles. The second kappa shape index (κ2) is 5.62. The molecule has 0 fully saturated rings. The summed E-state index contributed by atoms with van der Waals surface area (Å²) in [6.07, 6.45) is 0. The first kappa shape index (κ1) is 14.9. The molecule has 1 N–H and O–H groups in total. The summed E-state index contributed by atoms with van der Waals surface area (Å²) in [5.41, 5.74) is 1.98. The van der Waals surface area contributed by atoms with Gasteiger partial charge in [0, 0.05) is 21.5 Å². The summed E-state index contributed by atoms with van der Waals surface area (Å²) in [5.74, 6) is 0.889. The minimum Gasteiger partial charge on any atom is -0.365 e. The second-order valence-electron chi connectivity index (χ2n) is 6.46. The van der Waals surface area contributed by atoms with E-state index in [2.05, 4.69) is 44.3 Å². The fourth-order valence-electron chi connectivity index (χ4n) is 2.44. The average Bonchev–Trinajstić information content (AvgIpc) is 2.46. The van der Waals surface area contributed by atoms with E-state index in [1.165, 1.54) is 0 Å². The van der Waals surface area contributed by atoms with Gasteiger partial charge in [0.25, 0.3) is 0 Å². The first-order valence-corrected chi connectivity index (χ1v) is 7.74. The molecule has 0 saturated carbocycles. The molecule has 112 valence electrons. The number of nitrogens with zero attached hydrogens (tertiary/aromatic N) is 1. The van der Waals surface area contributed by atoms with E-state index in [4.69, 9.17) is 16.6 Å². The molecule has 22 heavy (non-hydrogen) atoms. The van der Waals surface area contributed by atoms with Crippen molar-refractivity contribution >= 4 is 28.2 Å². The smallest absolute Gasteiger partial charge is 0.134 e. The number of hydrogen-bond acceptors (Lipinski definition) is 2. The molecule has 1 heterocycles. The third kappa shape index (κ3) is 3.23. The molecule has 3 heteroatoms. The van der Waals surface area contributed by atoms with Crippen LogP contribution in [0.15, 0.2) is 54.6 Å². The molecule has 2 nitrogen and oxygen atoms in total. The molecule has 0 unspecified atom stereocenters. The van der Waals surface area contributed by atoms with E-state index < -0.39 is 0 Å². The van der Waals surface area contributed by atoms with E-state index in [9.17, 15) is 0 Å². The zero-order chi connectivity index (χ0) is 15.7. The Bertz CT molecular complexity index is 805. The number of halogens is 1. The summed E-state index contributed by atoms with van der Waals surface area (Å²) in [6, 6.07) is 18.2. The van der Waals surface area contributed by atoms with E-state index in [0.29, 0.717) is 0 Å². The van der Waals surface area contributed by atoms with Crippen LogP contribution >= 0.6 is 11.6 Å². The lowest BCUT2D eigenvalue weighted by molar-refractivity contribution is 0.632. The van der Waals surface area contributed by atoms with Gasteiger partial charge in [0.05, 0.1) is 5.69 Å². The van der Waals surface area contributed by atoms with Crippen LogP contribution in [0, 0.1) is 0 Å². The van der Waals surface area contributed by atoms with Crippen LogP contribution in [0.1, 0.15) is 20.8 Å². The number of nitrogens with one attached hydrogen (secondary N) is 1. The molecule has 0 saturated heterocycles. The fraction of sp³-hybridized carbons (Fsp3) is 0.211. The maximum absolute atomic E-state index is 6.16. The van der Waals surface area contributed by atoms with Crippen molar-refractivity contribution < 1.29 is 0 Å². The van der Waals surface area contributed by atoms with Crippen LogP contribution in [0.2, 0.25) is 5.02 Å². The molecule has 0 atom stereocenters. The molecule has 1 aromatic heterocycles. The maximum Gasteiger partial charge on any atom is 0.134 e. The van der Waals surface area contributed by atoms with Gasteiger partial charge in [0.1, 0.15) is 5.82 Å². The molecular formula is C19H19ClN2. The van der Waals surface area contributed by atoms with Gasteiger partial charge in [0.15, 0.2) is 0 Å². The van der Waals surface area contributed by atoms with E-state index in [0.717, 1.165) is 32.9 Å². The van der Waals surface area contributed by atoms with Gasteiger partial charge in [-0.25, -0.2) is 4.98 Å². The standard InChI is InChI=1S/C19H19ClN2/c1-19(2,3)22-18-16-10-9-15(20)11-14(16)12-17(21-18)13-7-5-4-6-8-13/h4-12H,1-3H3,(H,21,22). The first-order chi connectivity index (χ1) is 10.4. The van der Waals surface area contributed by atoms with Crippen LogP contribution in [0.4, 0.5) is 5.82 Å². The Labute approximate surface area is 136 Å². The summed E-state index contributed by atoms with van der Waals surface area (Å²) < 4.78 is 0. The monoisotopic (exact) mass is 310 g/mol. The molecule has 0 amide bonds. The SMILES string of the molecule is CC(C)(C)Nc1nc(-c2ccccc2)cc2cc(Cl)ccc12. The van der Waals surface area contributed by atoms with Gasteiger partial charge < -0.3 is 5.32 Å². The highest BCUT2D eigenvalue weighted by atomic mass is 35.5. The van der Waals surface area contributed by atoms with E-state index >= 15 is 0 Å². The number of hydrogen-bond donors (Lipinski definition) is 1. The predicted molar refractivity (Wildman–Crippen MR) is 95.6 cm³/mol. The summed E-state index contributed by atoms with van der Waals surface area (Å²) in [7, 11) is 0. The third-order valence-corrected chi connectivity index (χ3v) is 3.59. The highest BCUT2D eigenvalue weighted by molar-refractivity contribution is 6.31. The minimum absolute atomic E-state index is 0.0606. The van der Waals surface area contributed by atoms with Crippen molar-refractivity contribution in [3.05, 3.63) is 59.6 Å². The largest absolute Gasteiger partial charge is 0.365 e. The zero-order valence-electron chi connectivity index (χ0n) is 13.0. The Morgan fingerprint density at radius 3 is 2.36 bits per heavy atom. The Hall–Kier alpha value is -2.06. The number of fused-ring (bicyclic) bond motifs is 1. The molecule has 0 spiro atoms.